The summed E-state index contributed by atoms with van der Waals surface area (Å²) in [4.78, 5) is 17.0. The summed E-state index contributed by atoms with van der Waals surface area (Å²) < 4.78 is 5.82. The zero-order valence-electron chi connectivity index (χ0n) is 15.7. The summed E-state index contributed by atoms with van der Waals surface area (Å²) >= 11 is 1.78. The number of rotatable bonds is 7. The van der Waals surface area contributed by atoms with Crippen LogP contribution in [0.25, 0.3) is 0 Å². The van der Waals surface area contributed by atoms with Gasteiger partial charge in [0, 0.05) is 36.5 Å². The number of ether oxygens (including phenoxy) is 1. The van der Waals surface area contributed by atoms with Gasteiger partial charge in [-0.2, -0.15) is 0 Å². The number of thiophene rings is 1. The minimum Gasteiger partial charge on any atom is -0.492 e. The number of benzene rings is 1. The van der Waals surface area contributed by atoms with E-state index >= 15 is 0 Å². The summed E-state index contributed by atoms with van der Waals surface area (Å²) in [6.07, 6.45) is 1.29. The van der Waals surface area contributed by atoms with Crippen molar-refractivity contribution in [1.82, 2.24) is 10.6 Å². The van der Waals surface area contributed by atoms with Crippen molar-refractivity contribution in [2.75, 3.05) is 32.1 Å². The van der Waals surface area contributed by atoms with Gasteiger partial charge >= 0.3 is 0 Å². The Morgan fingerprint density at radius 1 is 1.33 bits per heavy atom. The Balaban J connectivity index is 1.39. The lowest BCUT2D eigenvalue weighted by Crippen LogP contribution is -2.40. The molecule has 1 aliphatic heterocycles. The van der Waals surface area contributed by atoms with Crippen LogP contribution in [0.1, 0.15) is 29.7 Å². The number of nitrogens with one attached hydrogen (secondary N) is 3. The van der Waals surface area contributed by atoms with Gasteiger partial charge in [-0.3, -0.25) is 9.79 Å². The Bertz CT molecular complexity index is 789. The van der Waals surface area contributed by atoms with Crippen LogP contribution in [0.2, 0.25) is 0 Å². The molecule has 0 spiro atoms. The van der Waals surface area contributed by atoms with E-state index in [4.69, 9.17) is 4.74 Å². The maximum atomic E-state index is 11.4. The molecule has 1 atom stereocenters. The van der Waals surface area contributed by atoms with E-state index in [1.807, 2.05) is 18.2 Å². The summed E-state index contributed by atoms with van der Waals surface area (Å²) in [6.45, 7) is 4.22. The zero-order valence-corrected chi connectivity index (χ0v) is 16.6. The average molecular weight is 387 g/mol. The molecule has 1 aliphatic rings. The van der Waals surface area contributed by atoms with Gasteiger partial charge in [0.2, 0.25) is 5.91 Å². The van der Waals surface area contributed by atoms with E-state index in [-0.39, 0.29) is 5.91 Å². The molecular weight excluding hydrogens is 360 g/mol. The molecule has 0 saturated carbocycles. The fourth-order valence-electron chi connectivity index (χ4n) is 2.93. The van der Waals surface area contributed by atoms with Crippen LogP contribution < -0.4 is 20.7 Å². The molecule has 2 aromatic rings. The van der Waals surface area contributed by atoms with E-state index < -0.39 is 0 Å². The lowest BCUT2D eigenvalue weighted by atomic mass is 10.0. The molecule has 27 heavy (non-hydrogen) atoms. The predicted molar refractivity (Wildman–Crippen MR) is 111 cm³/mol. The van der Waals surface area contributed by atoms with Crippen LogP contribution in [-0.4, -0.2) is 38.6 Å². The van der Waals surface area contributed by atoms with E-state index in [9.17, 15) is 4.79 Å². The molecule has 144 valence electrons. The van der Waals surface area contributed by atoms with Crippen LogP contribution in [0.5, 0.6) is 5.75 Å². The maximum absolute atomic E-state index is 11.4. The fourth-order valence-corrected chi connectivity index (χ4v) is 3.72. The Hall–Kier alpha value is -2.54. The van der Waals surface area contributed by atoms with Gasteiger partial charge in [-0.15, -0.1) is 11.3 Å². The van der Waals surface area contributed by atoms with Gasteiger partial charge in [-0.1, -0.05) is 13.0 Å². The molecule has 7 heteroatoms. The van der Waals surface area contributed by atoms with Gasteiger partial charge in [-0.05, 0) is 41.6 Å². The normalized spacial score (nSPS) is 14.9. The van der Waals surface area contributed by atoms with E-state index in [2.05, 4.69) is 45.4 Å². The molecule has 3 N–H and O–H groups in total. The van der Waals surface area contributed by atoms with Gasteiger partial charge in [0.1, 0.15) is 12.4 Å². The highest BCUT2D eigenvalue weighted by Crippen LogP contribution is 2.26. The first-order valence-corrected chi connectivity index (χ1v) is 10.1. The maximum Gasteiger partial charge on any atom is 0.224 e. The van der Waals surface area contributed by atoms with Gasteiger partial charge in [0.05, 0.1) is 6.54 Å². The van der Waals surface area contributed by atoms with E-state index in [0.29, 0.717) is 25.5 Å². The Kier molecular flexibility index (Phi) is 6.70. The van der Waals surface area contributed by atoms with Gasteiger partial charge in [0.25, 0.3) is 0 Å². The number of aliphatic imine (C=N–C) groups is 1. The number of hydrogen-bond donors (Lipinski definition) is 3. The molecule has 3 rings (SSSR count). The second-order valence-electron chi connectivity index (χ2n) is 6.51. The van der Waals surface area contributed by atoms with Crippen LogP contribution in [0.4, 0.5) is 5.69 Å². The second-order valence-corrected chi connectivity index (χ2v) is 7.49. The van der Waals surface area contributed by atoms with Crippen LogP contribution in [-0.2, 0) is 11.2 Å². The van der Waals surface area contributed by atoms with E-state index in [0.717, 1.165) is 35.9 Å². The average Bonchev–Trinajstić information content (AvgIpc) is 3.22. The highest BCUT2D eigenvalue weighted by atomic mass is 32.1. The molecule has 1 amide bonds. The molecule has 1 aromatic carbocycles. The molecular formula is C20H26N4O2S. The van der Waals surface area contributed by atoms with Gasteiger partial charge in [-0.25, -0.2) is 0 Å². The Labute approximate surface area is 164 Å². The van der Waals surface area contributed by atoms with Crippen LogP contribution in [0.15, 0.2) is 40.7 Å². The SMILES string of the molecule is CN=C(NCCOc1ccc2c(c1)CCC(=O)N2)NCC(C)c1cccs1. The number of hydrogen-bond acceptors (Lipinski definition) is 4. The van der Waals surface area contributed by atoms with Gasteiger partial charge in [0.15, 0.2) is 5.96 Å². The lowest BCUT2D eigenvalue weighted by molar-refractivity contribution is -0.116. The molecule has 0 radical (unpaired) electrons. The molecule has 0 saturated heterocycles. The van der Waals surface area contributed by atoms with Crippen LogP contribution in [0.3, 0.4) is 0 Å². The van der Waals surface area contributed by atoms with Crippen molar-refractivity contribution in [3.63, 3.8) is 0 Å². The van der Waals surface area contributed by atoms with Crippen molar-refractivity contribution in [3.8, 4) is 5.75 Å². The largest absolute Gasteiger partial charge is 0.492 e. The number of amides is 1. The monoisotopic (exact) mass is 386 g/mol. The molecule has 0 bridgehead atoms. The summed E-state index contributed by atoms with van der Waals surface area (Å²) in [5.74, 6) is 2.11. The third-order valence-corrected chi connectivity index (χ3v) is 5.57. The third-order valence-electron chi connectivity index (χ3n) is 4.46. The van der Waals surface area contributed by atoms with Crippen molar-refractivity contribution < 1.29 is 9.53 Å². The first-order valence-electron chi connectivity index (χ1n) is 9.19. The van der Waals surface area contributed by atoms with Crippen molar-refractivity contribution in [2.24, 2.45) is 4.99 Å². The second kappa shape index (κ2) is 9.41. The topological polar surface area (TPSA) is 74.8 Å². The van der Waals surface area contributed by atoms with E-state index in [1.54, 1.807) is 18.4 Å². The summed E-state index contributed by atoms with van der Waals surface area (Å²) in [5.41, 5.74) is 2.02. The predicted octanol–water partition coefficient (Wildman–Crippen LogP) is 2.98. The Morgan fingerprint density at radius 2 is 2.22 bits per heavy atom. The molecule has 0 fully saturated rings. The van der Waals surface area contributed by atoms with Crippen molar-refractivity contribution >= 4 is 28.9 Å². The summed E-state index contributed by atoms with van der Waals surface area (Å²) in [6, 6.07) is 10.0. The fraction of sp³-hybridized carbons (Fsp3) is 0.400. The van der Waals surface area contributed by atoms with Crippen LogP contribution in [0, 0.1) is 0 Å². The molecule has 1 aromatic heterocycles. The number of anilines is 1. The molecule has 1 unspecified atom stereocenters. The minimum absolute atomic E-state index is 0.0765. The standard InChI is InChI=1S/C20H26N4O2S/c1-14(18-4-3-11-27-18)13-23-20(21-2)22-9-10-26-16-6-7-17-15(12-16)5-8-19(25)24-17/h3-4,6-7,11-12,14H,5,8-10,13H2,1-2H3,(H,24,25)(H2,21,22,23). The Morgan fingerprint density at radius 3 is 3.00 bits per heavy atom. The first-order chi connectivity index (χ1) is 13.2. The summed E-state index contributed by atoms with van der Waals surface area (Å²) in [5, 5.41) is 11.6. The van der Waals surface area contributed by atoms with Crippen LogP contribution >= 0.6 is 11.3 Å². The smallest absolute Gasteiger partial charge is 0.224 e. The number of guanidine groups is 1. The number of aryl methyl sites for hydroxylation is 1. The quantitative estimate of drug-likeness (QED) is 0.389. The first kappa shape index (κ1) is 19.2. The third kappa shape index (κ3) is 5.47. The highest BCUT2D eigenvalue weighted by Gasteiger charge is 2.15. The molecule has 2 heterocycles. The van der Waals surface area contributed by atoms with Crippen molar-refractivity contribution in [1.29, 1.82) is 0 Å². The number of carbonyl (C=O) groups excluding carboxylic acids is 1. The van der Waals surface area contributed by atoms with Crippen molar-refractivity contribution in [2.45, 2.75) is 25.7 Å². The number of fused-ring (bicyclic) bond motifs is 1. The summed E-state index contributed by atoms with van der Waals surface area (Å²) in [7, 11) is 1.77. The van der Waals surface area contributed by atoms with Gasteiger partial charge < -0.3 is 20.7 Å². The molecule has 0 aliphatic carbocycles. The van der Waals surface area contributed by atoms with E-state index in [1.165, 1.54) is 4.88 Å². The lowest BCUT2D eigenvalue weighted by Gasteiger charge is -2.18. The number of carbonyl (C=O) groups is 1. The molecule has 6 nitrogen and oxygen atoms in total. The highest BCUT2D eigenvalue weighted by molar-refractivity contribution is 7.10. The zero-order chi connectivity index (χ0) is 19.1. The number of nitrogens with zero attached hydrogens (tertiary/aromatic N) is 1. The van der Waals surface area contributed by atoms with Crippen molar-refractivity contribution in [3.05, 3.63) is 46.2 Å². The minimum atomic E-state index is 0.0765.